The van der Waals surface area contributed by atoms with Crippen LogP contribution in [-0.4, -0.2) is 249 Å². The molecular weight excluding hydrogens is 1150 g/mol. The zero-order valence-electron chi connectivity index (χ0n) is 58.2. The van der Waals surface area contributed by atoms with Crippen LogP contribution < -0.4 is 21.3 Å². The number of aliphatic hydroxyl groups is 3. The van der Waals surface area contributed by atoms with Crippen LogP contribution in [0.3, 0.4) is 0 Å². The Morgan fingerprint density at radius 2 is 0.933 bits per heavy atom. The van der Waals surface area contributed by atoms with Gasteiger partial charge in [0.25, 0.3) is 0 Å². The highest BCUT2D eigenvalue weighted by Crippen LogP contribution is 2.26. The van der Waals surface area contributed by atoms with E-state index in [2.05, 4.69) is 21.3 Å². The van der Waals surface area contributed by atoms with Crippen molar-refractivity contribution in [3.05, 3.63) is 12.2 Å². The van der Waals surface area contributed by atoms with Crippen molar-refractivity contribution in [1.82, 2.24) is 55.6 Å². The maximum atomic E-state index is 15.2. The number of carbonyl (C=O) groups is 11. The van der Waals surface area contributed by atoms with E-state index in [1.54, 1.807) is 60.6 Å². The number of carbonyl (C=O) groups excluding carboxylic acids is 11. The van der Waals surface area contributed by atoms with Crippen LogP contribution in [0.25, 0.3) is 0 Å². The number of likely N-dealkylation sites (N-methyl/N-ethyl adjacent to an activating group) is 7. The smallest absolute Gasteiger partial charge is 0.248 e. The topological polar surface area (TPSA) is 319 Å². The molecule has 1 saturated heterocycles. The molecule has 0 aromatic carbocycles. The predicted octanol–water partition coefficient (Wildman–Crippen LogP) is 2.13. The molecule has 1 heterocycles. The molecule has 0 spiro atoms. The van der Waals surface area contributed by atoms with E-state index in [1.165, 1.54) is 96.6 Å². The second-order valence-electron chi connectivity index (χ2n) is 27.2. The van der Waals surface area contributed by atoms with Crippen molar-refractivity contribution >= 4 is 65.0 Å². The van der Waals surface area contributed by atoms with Gasteiger partial charge in [0, 0.05) is 55.8 Å². The van der Waals surface area contributed by atoms with Crippen molar-refractivity contribution < 1.29 is 68.1 Å². The molecule has 1 aliphatic heterocycles. The summed E-state index contributed by atoms with van der Waals surface area (Å²) in [6.07, 6.45) is 2.55. The fourth-order valence-electron chi connectivity index (χ4n) is 11.1. The zero-order chi connectivity index (χ0) is 69.2. The van der Waals surface area contributed by atoms with Gasteiger partial charge in [-0.3, -0.25) is 52.7 Å². The number of nitrogens with one attached hydrogen (secondary N) is 4. The van der Waals surface area contributed by atoms with E-state index >= 15 is 9.59 Å². The van der Waals surface area contributed by atoms with Crippen molar-refractivity contribution in [2.24, 2.45) is 35.5 Å². The van der Waals surface area contributed by atoms with Crippen LogP contribution >= 0.6 is 0 Å². The first-order valence-electron chi connectivity index (χ1n) is 31.7. The van der Waals surface area contributed by atoms with E-state index < -0.39 is 174 Å². The van der Waals surface area contributed by atoms with Crippen LogP contribution in [-0.2, 0) is 52.7 Å². The Bertz CT molecular complexity index is 2450. The molecule has 1 unspecified atom stereocenters. The van der Waals surface area contributed by atoms with Gasteiger partial charge >= 0.3 is 0 Å². The number of rotatable bonds is 17. The second kappa shape index (κ2) is 36.0. The maximum absolute atomic E-state index is 15.2. The molecule has 11 amide bonds. The lowest BCUT2D eigenvalue weighted by Crippen LogP contribution is -2.64. The van der Waals surface area contributed by atoms with Crippen molar-refractivity contribution in [1.29, 1.82) is 0 Å². The van der Waals surface area contributed by atoms with Crippen LogP contribution in [0.5, 0.6) is 0 Å². The molecule has 0 radical (unpaired) electrons. The van der Waals surface area contributed by atoms with Crippen molar-refractivity contribution in [2.75, 3.05) is 55.9 Å². The Morgan fingerprint density at radius 3 is 1.38 bits per heavy atom. The Morgan fingerprint density at radius 1 is 0.494 bits per heavy atom. The first kappa shape index (κ1) is 80.8. The van der Waals surface area contributed by atoms with Gasteiger partial charge in [0.15, 0.2) is 0 Å². The average Bonchev–Trinajstić information content (AvgIpc) is 3.35. The van der Waals surface area contributed by atoms with Crippen molar-refractivity contribution in [2.45, 2.75) is 241 Å². The number of allylic oxidation sites excluding steroid dienone is 2. The molecule has 1 fully saturated rings. The quantitative estimate of drug-likeness (QED) is 0.103. The summed E-state index contributed by atoms with van der Waals surface area (Å²) in [4.78, 5) is 169. The lowest BCUT2D eigenvalue weighted by Gasteiger charge is -2.41. The molecule has 13 atom stereocenters. The highest BCUT2D eigenvalue weighted by atomic mass is 16.3. The van der Waals surface area contributed by atoms with Crippen LogP contribution in [0.4, 0.5) is 0 Å². The van der Waals surface area contributed by atoms with E-state index in [9.17, 15) is 58.5 Å². The summed E-state index contributed by atoms with van der Waals surface area (Å²) >= 11 is 0. The third kappa shape index (κ3) is 22.6. The van der Waals surface area contributed by atoms with Gasteiger partial charge in [0.05, 0.1) is 18.3 Å². The largest absolute Gasteiger partial charge is 0.394 e. The van der Waals surface area contributed by atoms with Gasteiger partial charge in [-0.05, 0) is 109 Å². The minimum absolute atomic E-state index is 0.0567. The molecule has 1 aliphatic rings. The van der Waals surface area contributed by atoms with Gasteiger partial charge in [-0.15, -0.1) is 0 Å². The highest BCUT2D eigenvalue weighted by Gasteiger charge is 2.46. The summed E-state index contributed by atoms with van der Waals surface area (Å²) in [7, 11) is 9.42. The molecule has 1 rings (SSSR count). The van der Waals surface area contributed by atoms with Gasteiger partial charge in [0.2, 0.25) is 65.0 Å². The Kier molecular flexibility index (Phi) is 32.7. The molecule has 0 aliphatic carbocycles. The van der Waals surface area contributed by atoms with Crippen LogP contribution in [0.1, 0.15) is 163 Å². The standard InChI is InChI=1S/C64H115N11O14/c1-25-27-28-40(13)52(77)51-56(81)67-43(26-2)58(83)73(22)48(34-76)61(86)72(21)47(33-64(16,17)89)55(80)68-49(38(9)10)62(87)69(18)44(30-29-35(3)4)54(79)65-41(14)53(78)66-42(15)57(82)70(19)45(31-36(5)6)59(84)71(20)46(32-37(7)8)60(85)74(23)50(39(11)12)63(88)75(51)24/h25,27,35-52,76-77,89H,26,28-34H2,1-24H3,(H,65,79)(H,66,78)(H,67,81)(H,68,80)/b27-25+/t40-,41-,42+,43+,44-,45+,46+,47+,48?,49-,50+,51+,52-/m1/s1. The number of hydrogen-bond acceptors (Lipinski definition) is 14. The number of hydrogen-bond donors (Lipinski definition) is 7. The monoisotopic (exact) mass is 1260 g/mol. The molecule has 25 heteroatoms. The molecular formula is C64H115N11O14. The zero-order valence-corrected chi connectivity index (χ0v) is 58.2. The molecule has 25 nitrogen and oxygen atoms in total. The van der Waals surface area contributed by atoms with Gasteiger partial charge in [-0.2, -0.15) is 0 Å². The SMILES string of the molecule is C/C=C/C[C@@H](C)[C@@H](O)[C@H]1C(=O)N[C@@H](CC)C(=O)N(C)C(CO)C(=O)N(C)[C@@H](CC(C)(C)O)C(=O)N[C@H](C(C)C)C(=O)N(C)[C@H](CCC(C)C)C(=O)N[C@H](C)C(=O)N[C@@H](C)C(=O)N(C)[C@@H](CC(C)C)C(=O)N(C)[C@@H](CC(C)C)C(=O)N(C)[C@@H](C(C)C)C(=O)N1C. The molecule has 7 N–H and O–H groups in total. The lowest BCUT2D eigenvalue weighted by atomic mass is 9.91. The average molecular weight is 1260 g/mol. The third-order valence-corrected chi connectivity index (χ3v) is 16.9. The Labute approximate surface area is 531 Å². The predicted molar refractivity (Wildman–Crippen MR) is 341 cm³/mol. The van der Waals surface area contributed by atoms with Gasteiger partial charge in [0.1, 0.15) is 66.5 Å². The second-order valence-corrected chi connectivity index (χ2v) is 27.2. The fourth-order valence-corrected chi connectivity index (χ4v) is 11.1. The summed E-state index contributed by atoms with van der Waals surface area (Å²) in [5.74, 6) is -10.8. The van der Waals surface area contributed by atoms with Crippen LogP contribution in [0.2, 0.25) is 0 Å². The molecule has 89 heavy (non-hydrogen) atoms. The van der Waals surface area contributed by atoms with E-state index in [-0.39, 0.29) is 49.9 Å². The summed E-state index contributed by atoms with van der Waals surface area (Å²) in [6, 6.07) is -15.1. The number of nitrogens with zero attached hydrogens (tertiary/aromatic N) is 7. The lowest BCUT2D eigenvalue weighted by molar-refractivity contribution is -0.157. The maximum Gasteiger partial charge on any atom is 0.248 e. The fraction of sp³-hybridized carbons (Fsp3) is 0.797. The molecule has 0 aromatic heterocycles. The first-order valence-corrected chi connectivity index (χ1v) is 31.7. The van der Waals surface area contributed by atoms with Gasteiger partial charge in [-0.1, -0.05) is 95.2 Å². The normalized spacial score (nSPS) is 27.2. The van der Waals surface area contributed by atoms with Crippen molar-refractivity contribution in [3.63, 3.8) is 0 Å². The number of amides is 11. The van der Waals surface area contributed by atoms with E-state index in [0.29, 0.717) is 6.42 Å². The Balaban J connectivity index is 4.46. The van der Waals surface area contributed by atoms with Crippen LogP contribution in [0.15, 0.2) is 12.2 Å². The summed E-state index contributed by atoms with van der Waals surface area (Å²) < 4.78 is 0. The summed E-state index contributed by atoms with van der Waals surface area (Å²) in [5, 5.41) is 45.0. The highest BCUT2D eigenvalue weighted by molar-refractivity contribution is 6.00. The molecule has 0 bridgehead atoms. The van der Waals surface area contributed by atoms with Crippen LogP contribution in [0, 0.1) is 35.5 Å². The van der Waals surface area contributed by atoms with Gasteiger partial charge in [-0.25, -0.2) is 0 Å². The minimum Gasteiger partial charge on any atom is -0.394 e. The molecule has 510 valence electrons. The first-order chi connectivity index (χ1) is 41.0. The van der Waals surface area contributed by atoms with Crippen molar-refractivity contribution in [3.8, 4) is 0 Å². The summed E-state index contributed by atoms with van der Waals surface area (Å²) in [6.45, 7) is 27.7. The van der Waals surface area contributed by atoms with E-state index in [4.69, 9.17) is 0 Å². The number of aliphatic hydroxyl groups excluding tert-OH is 2. The van der Waals surface area contributed by atoms with E-state index in [1.807, 2.05) is 41.5 Å². The minimum atomic E-state index is -1.70. The van der Waals surface area contributed by atoms with Gasteiger partial charge < -0.3 is 70.9 Å². The van der Waals surface area contributed by atoms with E-state index in [0.717, 1.165) is 14.7 Å². The summed E-state index contributed by atoms with van der Waals surface area (Å²) in [5.41, 5.74) is -1.63. The molecule has 0 aromatic rings. The third-order valence-electron chi connectivity index (χ3n) is 16.9. The molecule has 0 saturated carbocycles. The Hall–Kier alpha value is -6.21.